The molecule has 0 radical (unpaired) electrons. The maximum absolute atomic E-state index is 13.1. The number of benzene rings is 2. The number of nitrogens with two attached hydrogens (primary N) is 1. The van der Waals surface area contributed by atoms with Gasteiger partial charge in [0.15, 0.2) is 0 Å². The van der Waals surface area contributed by atoms with Gasteiger partial charge in [-0.1, -0.05) is 11.6 Å². The van der Waals surface area contributed by atoms with Crippen molar-refractivity contribution >= 4 is 17.3 Å². The lowest BCUT2D eigenvalue weighted by Gasteiger charge is -2.11. The van der Waals surface area contributed by atoms with Crippen LogP contribution in [-0.2, 0) is 0 Å². The van der Waals surface area contributed by atoms with Crippen molar-refractivity contribution in [1.29, 1.82) is 0 Å². The van der Waals surface area contributed by atoms with E-state index in [1.54, 1.807) is 31.2 Å². The summed E-state index contributed by atoms with van der Waals surface area (Å²) in [6.45, 7) is 3.56. The van der Waals surface area contributed by atoms with Crippen LogP contribution < -0.4 is 10.5 Å². The van der Waals surface area contributed by atoms with Crippen molar-refractivity contribution < 1.29 is 9.13 Å². The average Bonchev–Trinajstić information content (AvgIpc) is 2.31. The Morgan fingerprint density at radius 1 is 1.11 bits per heavy atom. The Morgan fingerprint density at radius 3 is 2.50 bits per heavy atom. The first-order valence-electron chi connectivity index (χ1n) is 5.47. The molecule has 0 heterocycles. The molecule has 0 bridgehead atoms. The normalized spacial score (nSPS) is 10.4. The first-order valence-corrected chi connectivity index (χ1v) is 5.85. The molecule has 2 N–H and O–H groups in total. The molecule has 2 aromatic rings. The van der Waals surface area contributed by atoms with Crippen LogP contribution in [0.2, 0.25) is 5.02 Å². The second-order valence-electron chi connectivity index (χ2n) is 4.15. The van der Waals surface area contributed by atoms with Crippen LogP contribution in [0, 0.1) is 19.7 Å². The molecule has 0 aliphatic rings. The zero-order valence-electron chi connectivity index (χ0n) is 10.1. The zero-order valence-corrected chi connectivity index (χ0v) is 10.9. The maximum Gasteiger partial charge on any atom is 0.131 e. The van der Waals surface area contributed by atoms with Crippen LogP contribution in [-0.4, -0.2) is 0 Å². The minimum absolute atomic E-state index is 0.255. The van der Waals surface area contributed by atoms with E-state index >= 15 is 0 Å². The van der Waals surface area contributed by atoms with Gasteiger partial charge in [-0.05, 0) is 49.2 Å². The Kier molecular flexibility index (Phi) is 3.43. The number of rotatable bonds is 2. The Hall–Kier alpha value is -1.74. The second-order valence-corrected chi connectivity index (χ2v) is 4.56. The van der Waals surface area contributed by atoms with Crippen molar-refractivity contribution in [3.05, 3.63) is 52.3 Å². The Bertz CT molecular complexity index is 599. The molecule has 0 saturated carbocycles. The van der Waals surface area contributed by atoms with E-state index in [0.717, 1.165) is 5.56 Å². The van der Waals surface area contributed by atoms with Crippen LogP contribution in [0.5, 0.6) is 11.5 Å². The molecule has 18 heavy (non-hydrogen) atoms. The molecule has 94 valence electrons. The first-order chi connectivity index (χ1) is 8.47. The van der Waals surface area contributed by atoms with Crippen LogP contribution in [0.25, 0.3) is 0 Å². The van der Waals surface area contributed by atoms with Crippen molar-refractivity contribution in [2.45, 2.75) is 13.8 Å². The fraction of sp³-hybridized carbons (Fsp3) is 0.143. The summed E-state index contributed by atoms with van der Waals surface area (Å²) < 4.78 is 18.8. The molecule has 0 amide bonds. The minimum atomic E-state index is -0.255. The van der Waals surface area contributed by atoms with Crippen LogP contribution >= 0.6 is 11.6 Å². The quantitative estimate of drug-likeness (QED) is 0.813. The van der Waals surface area contributed by atoms with Gasteiger partial charge in [-0.3, -0.25) is 0 Å². The number of anilines is 1. The summed E-state index contributed by atoms with van der Waals surface area (Å²) in [5.74, 6) is 0.924. The van der Waals surface area contributed by atoms with E-state index in [4.69, 9.17) is 22.1 Å². The molecular weight excluding hydrogens is 253 g/mol. The number of aryl methyl sites for hydroxylation is 2. The Labute approximate surface area is 110 Å². The van der Waals surface area contributed by atoms with Gasteiger partial charge in [0.1, 0.15) is 17.3 Å². The SMILES string of the molecule is Cc1cc(Oc2cc(Cl)c(N)cc2C)ccc1F. The molecule has 0 saturated heterocycles. The smallest absolute Gasteiger partial charge is 0.131 e. The summed E-state index contributed by atoms with van der Waals surface area (Å²) in [6.07, 6.45) is 0. The molecule has 2 nitrogen and oxygen atoms in total. The molecule has 0 aliphatic heterocycles. The summed E-state index contributed by atoms with van der Waals surface area (Å²) in [7, 11) is 0. The summed E-state index contributed by atoms with van der Waals surface area (Å²) in [4.78, 5) is 0. The van der Waals surface area contributed by atoms with E-state index in [-0.39, 0.29) is 5.82 Å². The van der Waals surface area contributed by atoms with Gasteiger partial charge in [0, 0.05) is 6.07 Å². The van der Waals surface area contributed by atoms with E-state index in [0.29, 0.717) is 27.8 Å². The van der Waals surface area contributed by atoms with Gasteiger partial charge < -0.3 is 10.5 Å². The van der Waals surface area contributed by atoms with E-state index in [9.17, 15) is 4.39 Å². The molecule has 2 aromatic carbocycles. The average molecular weight is 266 g/mol. The van der Waals surface area contributed by atoms with Crippen molar-refractivity contribution in [1.82, 2.24) is 0 Å². The highest BCUT2D eigenvalue weighted by Gasteiger charge is 2.07. The lowest BCUT2D eigenvalue weighted by molar-refractivity contribution is 0.476. The molecule has 2 rings (SSSR count). The number of nitrogen functional groups attached to an aromatic ring is 1. The Morgan fingerprint density at radius 2 is 1.83 bits per heavy atom. The van der Waals surface area contributed by atoms with Gasteiger partial charge >= 0.3 is 0 Å². The van der Waals surface area contributed by atoms with Crippen molar-refractivity contribution in [2.24, 2.45) is 0 Å². The van der Waals surface area contributed by atoms with Gasteiger partial charge in [-0.25, -0.2) is 4.39 Å². The second kappa shape index (κ2) is 4.86. The monoisotopic (exact) mass is 265 g/mol. The number of hydrogen-bond donors (Lipinski definition) is 1. The van der Waals surface area contributed by atoms with Crippen LogP contribution in [0.15, 0.2) is 30.3 Å². The summed E-state index contributed by atoms with van der Waals surface area (Å²) in [6, 6.07) is 7.99. The third-order valence-electron chi connectivity index (χ3n) is 2.65. The molecule has 0 unspecified atom stereocenters. The standard InChI is InChI=1S/C14H13ClFNO/c1-8-5-10(3-4-12(8)16)18-14-7-11(15)13(17)6-9(14)2/h3-7H,17H2,1-2H3. The van der Waals surface area contributed by atoms with Gasteiger partial charge in [-0.15, -0.1) is 0 Å². The fourth-order valence-electron chi connectivity index (χ4n) is 1.60. The largest absolute Gasteiger partial charge is 0.457 e. The lowest BCUT2D eigenvalue weighted by Crippen LogP contribution is -1.93. The molecule has 4 heteroatoms. The van der Waals surface area contributed by atoms with Gasteiger partial charge in [0.25, 0.3) is 0 Å². The molecule has 0 spiro atoms. The zero-order chi connectivity index (χ0) is 13.3. The van der Waals surface area contributed by atoms with Crippen molar-refractivity contribution in [3.63, 3.8) is 0 Å². The summed E-state index contributed by atoms with van der Waals surface area (Å²) in [5.41, 5.74) is 7.61. The van der Waals surface area contributed by atoms with E-state index in [1.807, 2.05) is 6.92 Å². The van der Waals surface area contributed by atoms with E-state index in [1.165, 1.54) is 6.07 Å². The van der Waals surface area contributed by atoms with Crippen LogP contribution in [0.1, 0.15) is 11.1 Å². The maximum atomic E-state index is 13.1. The summed E-state index contributed by atoms with van der Waals surface area (Å²) in [5, 5.41) is 0.439. The third kappa shape index (κ3) is 2.57. The minimum Gasteiger partial charge on any atom is -0.457 e. The summed E-state index contributed by atoms with van der Waals surface area (Å²) >= 11 is 5.94. The van der Waals surface area contributed by atoms with E-state index in [2.05, 4.69) is 0 Å². The number of ether oxygens (including phenoxy) is 1. The van der Waals surface area contributed by atoms with Gasteiger partial charge in [0.05, 0.1) is 10.7 Å². The molecule has 0 aliphatic carbocycles. The predicted molar refractivity (Wildman–Crippen MR) is 71.8 cm³/mol. The van der Waals surface area contributed by atoms with Crippen molar-refractivity contribution in [3.8, 4) is 11.5 Å². The third-order valence-corrected chi connectivity index (χ3v) is 2.98. The predicted octanol–water partition coefficient (Wildman–Crippen LogP) is 4.47. The van der Waals surface area contributed by atoms with E-state index < -0.39 is 0 Å². The lowest BCUT2D eigenvalue weighted by atomic mass is 10.2. The molecular formula is C14H13ClFNO. The van der Waals surface area contributed by atoms with Crippen LogP contribution in [0.3, 0.4) is 0 Å². The fourth-order valence-corrected chi connectivity index (χ4v) is 1.76. The van der Waals surface area contributed by atoms with Crippen molar-refractivity contribution in [2.75, 3.05) is 5.73 Å². The number of halogens is 2. The highest BCUT2D eigenvalue weighted by atomic mass is 35.5. The first kappa shape index (κ1) is 12.7. The highest BCUT2D eigenvalue weighted by Crippen LogP contribution is 2.32. The molecule has 0 atom stereocenters. The number of hydrogen-bond acceptors (Lipinski definition) is 2. The van der Waals surface area contributed by atoms with Crippen LogP contribution in [0.4, 0.5) is 10.1 Å². The molecule has 0 fully saturated rings. The Balaban J connectivity index is 2.34. The molecule has 0 aromatic heterocycles. The van der Waals surface area contributed by atoms with Gasteiger partial charge in [0.2, 0.25) is 0 Å². The topological polar surface area (TPSA) is 35.2 Å². The van der Waals surface area contributed by atoms with Gasteiger partial charge in [-0.2, -0.15) is 0 Å². The highest BCUT2D eigenvalue weighted by molar-refractivity contribution is 6.33.